The van der Waals surface area contributed by atoms with E-state index in [4.69, 9.17) is 5.11 Å². The predicted octanol–water partition coefficient (Wildman–Crippen LogP) is 1.77. The van der Waals surface area contributed by atoms with E-state index in [1.54, 1.807) is 24.3 Å². The first kappa shape index (κ1) is 18.3. The Hall–Kier alpha value is -3.48. The fourth-order valence-electron chi connectivity index (χ4n) is 2.87. The van der Waals surface area contributed by atoms with Crippen molar-refractivity contribution in [1.82, 2.24) is 14.9 Å². The summed E-state index contributed by atoms with van der Waals surface area (Å²) in [6.07, 6.45) is 1.48. The number of benzene rings is 2. The van der Waals surface area contributed by atoms with Crippen molar-refractivity contribution in [2.45, 2.75) is 18.9 Å². The van der Waals surface area contributed by atoms with Gasteiger partial charge in [-0.25, -0.2) is 4.98 Å². The quantitative estimate of drug-likeness (QED) is 0.664. The zero-order valence-corrected chi connectivity index (χ0v) is 14.5. The van der Waals surface area contributed by atoms with E-state index in [9.17, 15) is 14.4 Å². The first-order valence-electron chi connectivity index (χ1n) is 8.55. The first-order chi connectivity index (χ1) is 13.1. The molecule has 0 bridgehead atoms. The minimum Gasteiger partial charge on any atom is -0.481 e. The number of amides is 1. The van der Waals surface area contributed by atoms with Gasteiger partial charge in [-0.2, -0.15) is 0 Å². The molecule has 7 nitrogen and oxygen atoms in total. The van der Waals surface area contributed by atoms with Crippen molar-refractivity contribution in [3.63, 3.8) is 0 Å². The smallest absolute Gasteiger partial charge is 0.305 e. The maximum absolute atomic E-state index is 12.9. The van der Waals surface area contributed by atoms with Gasteiger partial charge in [-0.15, -0.1) is 0 Å². The largest absolute Gasteiger partial charge is 0.481 e. The number of carbonyl (C=O) groups excluding carboxylic acids is 1. The van der Waals surface area contributed by atoms with E-state index in [0.717, 1.165) is 5.56 Å². The van der Waals surface area contributed by atoms with Crippen molar-refractivity contribution in [3.8, 4) is 0 Å². The molecule has 1 heterocycles. The Morgan fingerprint density at radius 3 is 2.52 bits per heavy atom. The zero-order valence-electron chi connectivity index (χ0n) is 14.5. The Kier molecular flexibility index (Phi) is 5.61. The molecule has 2 N–H and O–H groups in total. The van der Waals surface area contributed by atoms with Crippen molar-refractivity contribution < 1.29 is 14.7 Å². The van der Waals surface area contributed by atoms with Crippen LogP contribution in [0, 0.1) is 0 Å². The van der Waals surface area contributed by atoms with Gasteiger partial charge in [-0.1, -0.05) is 42.5 Å². The topological polar surface area (TPSA) is 101 Å². The van der Waals surface area contributed by atoms with Gasteiger partial charge in [0.2, 0.25) is 5.91 Å². The maximum Gasteiger partial charge on any atom is 0.305 e. The van der Waals surface area contributed by atoms with Crippen LogP contribution in [-0.2, 0) is 16.0 Å². The summed E-state index contributed by atoms with van der Waals surface area (Å²) in [5.41, 5.74) is 1.13. The van der Waals surface area contributed by atoms with Crippen LogP contribution in [0.1, 0.15) is 18.0 Å². The summed E-state index contributed by atoms with van der Waals surface area (Å²) in [7, 11) is 0. The van der Waals surface area contributed by atoms with Gasteiger partial charge in [-0.05, 0) is 17.7 Å². The highest BCUT2D eigenvalue weighted by atomic mass is 16.4. The Bertz CT molecular complexity index is 1010. The van der Waals surface area contributed by atoms with Crippen LogP contribution in [0.4, 0.5) is 0 Å². The van der Waals surface area contributed by atoms with Gasteiger partial charge in [0, 0.05) is 13.0 Å². The molecule has 0 saturated heterocycles. The van der Waals surface area contributed by atoms with Gasteiger partial charge in [0.25, 0.3) is 5.56 Å². The van der Waals surface area contributed by atoms with Gasteiger partial charge in [-0.3, -0.25) is 19.0 Å². The number of nitrogens with zero attached hydrogens (tertiary/aromatic N) is 2. The molecule has 0 radical (unpaired) electrons. The summed E-state index contributed by atoms with van der Waals surface area (Å²) in [5, 5.41) is 11.8. The number of fused-ring (bicyclic) bond motifs is 1. The highest BCUT2D eigenvalue weighted by Gasteiger charge is 2.23. The molecular weight excluding hydrogens is 346 g/mol. The molecule has 0 fully saturated rings. The second-order valence-corrected chi connectivity index (χ2v) is 6.11. The molecule has 0 aliphatic carbocycles. The molecule has 0 aliphatic heterocycles. The van der Waals surface area contributed by atoms with Gasteiger partial charge in [0.15, 0.2) is 0 Å². The van der Waals surface area contributed by atoms with E-state index in [2.05, 4.69) is 10.3 Å². The van der Waals surface area contributed by atoms with E-state index in [1.807, 2.05) is 30.3 Å². The summed E-state index contributed by atoms with van der Waals surface area (Å²) in [5.74, 6) is -1.42. The van der Waals surface area contributed by atoms with Crippen LogP contribution in [0.2, 0.25) is 0 Å². The molecule has 0 aliphatic rings. The molecule has 27 heavy (non-hydrogen) atoms. The number of carbonyl (C=O) groups is 2. The van der Waals surface area contributed by atoms with Crippen LogP contribution >= 0.6 is 0 Å². The minimum absolute atomic E-state index is 0.00475. The third-order valence-corrected chi connectivity index (χ3v) is 4.24. The van der Waals surface area contributed by atoms with Crippen molar-refractivity contribution in [3.05, 3.63) is 76.8 Å². The second-order valence-electron chi connectivity index (χ2n) is 6.11. The number of carboxylic acids is 1. The Morgan fingerprint density at radius 2 is 1.78 bits per heavy atom. The number of nitrogens with one attached hydrogen (secondary N) is 1. The van der Waals surface area contributed by atoms with Crippen LogP contribution in [0.15, 0.2) is 65.7 Å². The van der Waals surface area contributed by atoms with Crippen molar-refractivity contribution in [1.29, 1.82) is 0 Å². The number of hydrogen-bond donors (Lipinski definition) is 2. The van der Waals surface area contributed by atoms with Crippen LogP contribution in [0.5, 0.6) is 0 Å². The van der Waals surface area contributed by atoms with Crippen molar-refractivity contribution in [2.24, 2.45) is 0 Å². The van der Waals surface area contributed by atoms with Crippen molar-refractivity contribution >= 4 is 22.8 Å². The molecule has 0 spiro atoms. The molecule has 0 unspecified atom stereocenters. The van der Waals surface area contributed by atoms with Crippen molar-refractivity contribution in [2.75, 3.05) is 6.54 Å². The van der Waals surface area contributed by atoms with Crippen LogP contribution in [-0.4, -0.2) is 33.1 Å². The van der Waals surface area contributed by atoms with E-state index < -0.39 is 17.9 Å². The highest BCUT2D eigenvalue weighted by molar-refractivity contribution is 5.82. The molecule has 0 saturated carbocycles. The Labute approximate surface area is 155 Å². The number of hydrogen-bond acceptors (Lipinski definition) is 4. The number of carboxylic acid groups (broad SMARTS) is 1. The third kappa shape index (κ3) is 4.38. The summed E-state index contributed by atoms with van der Waals surface area (Å²) in [6.45, 7) is -0.00475. The molecular formula is C20H19N3O4. The van der Waals surface area contributed by atoms with Gasteiger partial charge in [0.1, 0.15) is 6.04 Å². The van der Waals surface area contributed by atoms with Gasteiger partial charge in [0.05, 0.1) is 23.7 Å². The normalized spacial score (nSPS) is 11.9. The average Bonchev–Trinajstić information content (AvgIpc) is 2.67. The molecule has 3 aromatic rings. The van der Waals surface area contributed by atoms with Gasteiger partial charge >= 0.3 is 5.97 Å². The summed E-state index contributed by atoms with van der Waals surface area (Å²) in [6, 6.07) is 15.4. The molecule has 1 atom stereocenters. The first-order valence-corrected chi connectivity index (χ1v) is 8.55. The summed E-state index contributed by atoms with van der Waals surface area (Å²) in [4.78, 5) is 40.6. The maximum atomic E-state index is 12.9. The molecule has 7 heteroatoms. The van der Waals surface area contributed by atoms with E-state index in [0.29, 0.717) is 17.3 Å². The van der Waals surface area contributed by atoms with Gasteiger partial charge < -0.3 is 10.4 Å². The fraction of sp³-hybridized carbons (Fsp3) is 0.200. The number of rotatable bonds is 7. The van der Waals surface area contributed by atoms with E-state index in [-0.39, 0.29) is 18.5 Å². The summed E-state index contributed by atoms with van der Waals surface area (Å²) >= 11 is 0. The predicted molar refractivity (Wildman–Crippen MR) is 100 cm³/mol. The molecule has 3 rings (SSSR count). The fourth-order valence-corrected chi connectivity index (χ4v) is 2.87. The van der Waals surface area contributed by atoms with Crippen LogP contribution < -0.4 is 10.9 Å². The minimum atomic E-state index is -1.00. The lowest BCUT2D eigenvalue weighted by molar-refractivity contribution is -0.137. The molecule has 1 amide bonds. The molecule has 138 valence electrons. The lowest BCUT2D eigenvalue weighted by Crippen LogP contribution is -2.39. The number of para-hydroxylation sites is 1. The highest BCUT2D eigenvalue weighted by Crippen LogP contribution is 2.15. The lowest BCUT2D eigenvalue weighted by Gasteiger charge is -2.19. The van der Waals surface area contributed by atoms with Crippen LogP contribution in [0.25, 0.3) is 10.9 Å². The number of aromatic nitrogens is 2. The average molecular weight is 365 g/mol. The molecule has 1 aromatic heterocycles. The Morgan fingerprint density at radius 1 is 1.07 bits per heavy atom. The molecule has 2 aromatic carbocycles. The second kappa shape index (κ2) is 8.27. The lowest BCUT2D eigenvalue weighted by atomic mass is 10.0. The number of aliphatic carboxylic acids is 1. The zero-order chi connectivity index (χ0) is 19.2. The Balaban J connectivity index is 1.96. The monoisotopic (exact) mass is 365 g/mol. The van der Waals surface area contributed by atoms with Crippen LogP contribution in [0.3, 0.4) is 0 Å². The standard InChI is InChI=1S/C20H19N3O4/c24-18(25)10-11-21-19(26)17(12-14-6-2-1-3-7-14)23-13-22-16-9-5-4-8-15(16)20(23)27/h1-9,13,17H,10-12H2,(H,21,26)(H,24,25)/t17-/m0/s1. The van der Waals surface area contributed by atoms with E-state index >= 15 is 0 Å². The van der Waals surface area contributed by atoms with E-state index in [1.165, 1.54) is 10.9 Å². The third-order valence-electron chi connectivity index (χ3n) is 4.24. The SMILES string of the molecule is O=C(O)CCNC(=O)[C@H](Cc1ccccc1)n1cnc2ccccc2c1=O. The summed E-state index contributed by atoms with van der Waals surface area (Å²) < 4.78 is 1.31.